The number of hydrogen-bond acceptors (Lipinski definition) is 2. The zero-order chi connectivity index (χ0) is 13.0. The van der Waals surface area contributed by atoms with E-state index in [1.165, 1.54) is 24.0 Å². The van der Waals surface area contributed by atoms with E-state index in [1.807, 2.05) is 19.4 Å². The molecule has 2 aliphatic rings. The van der Waals surface area contributed by atoms with Crippen molar-refractivity contribution in [2.75, 3.05) is 0 Å². The van der Waals surface area contributed by atoms with Gasteiger partial charge in [0, 0.05) is 19.4 Å². The maximum atomic E-state index is 6.48. The van der Waals surface area contributed by atoms with Crippen LogP contribution in [-0.2, 0) is 13.5 Å². The summed E-state index contributed by atoms with van der Waals surface area (Å²) in [4.78, 5) is 4.43. The minimum absolute atomic E-state index is 0.0705. The van der Waals surface area contributed by atoms with Crippen molar-refractivity contribution >= 4 is 0 Å². The van der Waals surface area contributed by atoms with Crippen molar-refractivity contribution in [3.63, 3.8) is 0 Å². The lowest BCUT2D eigenvalue weighted by atomic mass is 9.92. The molecule has 19 heavy (non-hydrogen) atoms. The van der Waals surface area contributed by atoms with Crippen LogP contribution in [0.5, 0.6) is 0 Å². The summed E-state index contributed by atoms with van der Waals surface area (Å²) in [5.74, 6) is 3.03. The van der Waals surface area contributed by atoms with Crippen LogP contribution in [0.15, 0.2) is 36.7 Å². The normalized spacial score (nSPS) is 29.5. The maximum absolute atomic E-state index is 6.48. The third kappa shape index (κ3) is 1.58. The first-order valence-corrected chi connectivity index (χ1v) is 7.08. The molecule has 1 fully saturated rings. The Morgan fingerprint density at radius 1 is 1.37 bits per heavy atom. The molecule has 0 spiro atoms. The molecule has 4 atom stereocenters. The number of rotatable bonds is 2. The van der Waals surface area contributed by atoms with Crippen LogP contribution >= 0.6 is 0 Å². The number of imidazole rings is 1. The van der Waals surface area contributed by atoms with Gasteiger partial charge in [-0.15, -0.1) is 0 Å². The van der Waals surface area contributed by atoms with Gasteiger partial charge in [0.2, 0.25) is 0 Å². The van der Waals surface area contributed by atoms with Crippen molar-refractivity contribution in [1.29, 1.82) is 0 Å². The lowest BCUT2D eigenvalue weighted by Gasteiger charge is -2.13. The van der Waals surface area contributed by atoms with Gasteiger partial charge in [-0.1, -0.05) is 24.3 Å². The van der Waals surface area contributed by atoms with Crippen LogP contribution in [0.3, 0.4) is 0 Å². The molecule has 4 rings (SSSR count). The van der Waals surface area contributed by atoms with Crippen LogP contribution in [0.2, 0.25) is 0 Å². The molecule has 0 aliphatic heterocycles. The van der Waals surface area contributed by atoms with Crippen molar-refractivity contribution in [2.45, 2.75) is 24.8 Å². The molecular weight excluding hydrogens is 234 g/mol. The molecule has 0 amide bonds. The quantitative estimate of drug-likeness (QED) is 0.893. The van der Waals surface area contributed by atoms with Crippen molar-refractivity contribution in [3.8, 4) is 0 Å². The third-order valence-electron chi connectivity index (χ3n) is 4.96. The van der Waals surface area contributed by atoms with Crippen molar-refractivity contribution in [2.24, 2.45) is 24.6 Å². The Kier molecular flexibility index (Phi) is 2.33. The van der Waals surface area contributed by atoms with Gasteiger partial charge in [0.05, 0.1) is 6.04 Å². The number of nitrogens with two attached hydrogens (primary N) is 1. The van der Waals surface area contributed by atoms with Crippen LogP contribution in [0.25, 0.3) is 0 Å². The molecule has 3 heteroatoms. The van der Waals surface area contributed by atoms with Crippen LogP contribution in [0, 0.1) is 11.8 Å². The van der Waals surface area contributed by atoms with Gasteiger partial charge in [-0.25, -0.2) is 4.98 Å². The first-order chi connectivity index (χ1) is 9.27. The molecule has 1 aromatic heterocycles. The zero-order valence-electron chi connectivity index (χ0n) is 11.2. The number of benzene rings is 1. The second kappa shape index (κ2) is 3.94. The van der Waals surface area contributed by atoms with Gasteiger partial charge in [0.1, 0.15) is 5.82 Å². The number of aromatic nitrogens is 2. The average Bonchev–Trinajstić information content (AvgIpc) is 3.04. The molecule has 2 aromatic rings. The van der Waals surface area contributed by atoms with E-state index in [0.29, 0.717) is 11.8 Å². The van der Waals surface area contributed by atoms with Crippen LogP contribution in [0.1, 0.15) is 35.3 Å². The molecule has 0 bridgehead atoms. The van der Waals surface area contributed by atoms with E-state index >= 15 is 0 Å². The highest BCUT2D eigenvalue weighted by Gasteiger charge is 2.56. The highest BCUT2D eigenvalue weighted by molar-refractivity contribution is 5.40. The second-order valence-corrected chi connectivity index (χ2v) is 5.93. The predicted octanol–water partition coefficient (Wildman–Crippen LogP) is 2.40. The molecule has 1 heterocycles. The van der Waals surface area contributed by atoms with Gasteiger partial charge in [0.25, 0.3) is 0 Å². The molecule has 0 radical (unpaired) electrons. The maximum Gasteiger partial charge on any atom is 0.125 e. The van der Waals surface area contributed by atoms with Gasteiger partial charge in [-0.05, 0) is 41.7 Å². The van der Waals surface area contributed by atoms with Gasteiger partial charge in [0.15, 0.2) is 0 Å². The highest BCUT2D eigenvalue weighted by atomic mass is 15.1. The number of fused-ring (bicyclic) bond motifs is 3. The molecular formula is C16H19N3. The number of nitrogens with zero attached hydrogens (tertiary/aromatic N) is 2. The minimum atomic E-state index is 0.0705. The Labute approximate surface area is 113 Å². The zero-order valence-corrected chi connectivity index (χ0v) is 11.2. The standard InChI is InChI=1S/C16H19N3/c1-19-9-8-18-16(19)15(17)14-12-7-6-10-4-2-3-5-11(10)13(12)14/h2-5,8-9,12-15H,6-7,17H2,1H3. The van der Waals surface area contributed by atoms with Gasteiger partial charge >= 0.3 is 0 Å². The van der Waals surface area contributed by atoms with E-state index in [9.17, 15) is 0 Å². The van der Waals surface area contributed by atoms with E-state index in [2.05, 4.69) is 33.8 Å². The fraction of sp³-hybridized carbons (Fsp3) is 0.438. The van der Waals surface area contributed by atoms with E-state index in [4.69, 9.17) is 5.73 Å². The summed E-state index contributed by atoms with van der Waals surface area (Å²) in [6.07, 6.45) is 6.32. The average molecular weight is 253 g/mol. The fourth-order valence-electron chi connectivity index (χ4n) is 3.98. The molecule has 3 nitrogen and oxygen atoms in total. The lowest BCUT2D eigenvalue weighted by Crippen LogP contribution is -2.18. The van der Waals surface area contributed by atoms with Gasteiger partial charge in [-0.3, -0.25) is 0 Å². The number of aryl methyl sites for hydroxylation is 2. The first-order valence-electron chi connectivity index (χ1n) is 7.08. The van der Waals surface area contributed by atoms with E-state index < -0.39 is 0 Å². The van der Waals surface area contributed by atoms with Gasteiger partial charge < -0.3 is 10.3 Å². The van der Waals surface area contributed by atoms with Gasteiger partial charge in [-0.2, -0.15) is 0 Å². The molecule has 4 unspecified atom stereocenters. The Balaban J connectivity index is 1.66. The summed E-state index contributed by atoms with van der Waals surface area (Å²) >= 11 is 0. The molecule has 1 aromatic carbocycles. The Morgan fingerprint density at radius 3 is 3.00 bits per heavy atom. The SMILES string of the molecule is Cn1ccnc1C(N)C1C2CCc3ccccc3C21. The molecule has 2 N–H and O–H groups in total. The summed E-state index contributed by atoms with van der Waals surface area (Å²) in [5, 5.41) is 0. The summed E-state index contributed by atoms with van der Waals surface area (Å²) < 4.78 is 2.06. The predicted molar refractivity (Wildman–Crippen MR) is 74.6 cm³/mol. The summed E-state index contributed by atoms with van der Waals surface area (Å²) in [6.45, 7) is 0. The fourth-order valence-corrected chi connectivity index (χ4v) is 3.98. The molecule has 2 aliphatic carbocycles. The summed E-state index contributed by atoms with van der Waals surface area (Å²) in [6, 6.07) is 8.93. The topological polar surface area (TPSA) is 43.8 Å². The van der Waals surface area contributed by atoms with E-state index in [1.54, 1.807) is 0 Å². The lowest BCUT2D eigenvalue weighted by molar-refractivity contribution is 0.518. The van der Waals surface area contributed by atoms with Crippen molar-refractivity contribution < 1.29 is 0 Å². The first kappa shape index (κ1) is 11.2. The third-order valence-corrected chi connectivity index (χ3v) is 4.96. The molecule has 98 valence electrons. The largest absolute Gasteiger partial charge is 0.337 e. The Morgan fingerprint density at radius 2 is 2.21 bits per heavy atom. The minimum Gasteiger partial charge on any atom is -0.337 e. The summed E-state index contributed by atoms with van der Waals surface area (Å²) in [5.41, 5.74) is 9.54. The van der Waals surface area contributed by atoms with Crippen LogP contribution in [0.4, 0.5) is 0 Å². The van der Waals surface area contributed by atoms with Crippen molar-refractivity contribution in [3.05, 3.63) is 53.6 Å². The Bertz CT molecular complexity index is 616. The van der Waals surface area contributed by atoms with E-state index in [-0.39, 0.29) is 6.04 Å². The monoisotopic (exact) mass is 253 g/mol. The smallest absolute Gasteiger partial charge is 0.125 e. The summed E-state index contributed by atoms with van der Waals surface area (Å²) in [7, 11) is 2.03. The molecule has 0 saturated heterocycles. The van der Waals surface area contributed by atoms with Crippen LogP contribution in [-0.4, -0.2) is 9.55 Å². The molecule has 1 saturated carbocycles. The van der Waals surface area contributed by atoms with Crippen molar-refractivity contribution in [1.82, 2.24) is 9.55 Å². The van der Waals surface area contributed by atoms with E-state index in [0.717, 1.165) is 11.7 Å². The Hall–Kier alpha value is -1.61. The van der Waals surface area contributed by atoms with Crippen LogP contribution < -0.4 is 5.73 Å². The highest BCUT2D eigenvalue weighted by Crippen LogP contribution is 2.63. The number of hydrogen-bond donors (Lipinski definition) is 1. The second-order valence-electron chi connectivity index (χ2n) is 5.93.